The first-order chi connectivity index (χ1) is 16.3. The van der Waals surface area contributed by atoms with E-state index in [0.717, 1.165) is 34.6 Å². The number of benzene rings is 3. The normalized spacial score (nSPS) is 13.6. The van der Waals surface area contributed by atoms with Gasteiger partial charge in [0.2, 0.25) is 0 Å². The van der Waals surface area contributed by atoms with Crippen LogP contribution in [0.25, 0.3) is 5.57 Å². The van der Waals surface area contributed by atoms with E-state index in [9.17, 15) is 18.4 Å². The lowest BCUT2D eigenvalue weighted by atomic mass is 10.0. The van der Waals surface area contributed by atoms with Gasteiger partial charge in [0, 0.05) is 11.8 Å². The average molecular weight is 462 g/mol. The molecule has 34 heavy (non-hydrogen) atoms. The lowest BCUT2D eigenvalue weighted by Crippen LogP contribution is -2.33. The van der Waals surface area contributed by atoms with Crippen LogP contribution in [-0.2, 0) is 9.59 Å². The standard InChI is InChI=1S/C27H24F2N2O3/c1-4-13-34-20-9-6-18(7-10-20)24-25(30-19-8-11-21(28)22(29)15-19)27(33)31(26(24)32)23-12-5-16(2)14-17(23)3/h5-12,14-15,30H,4,13H2,1-3H3. The first-order valence-electron chi connectivity index (χ1n) is 11.0. The summed E-state index contributed by atoms with van der Waals surface area (Å²) in [7, 11) is 0. The molecule has 5 nitrogen and oxygen atoms in total. The number of anilines is 2. The van der Waals surface area contributed by atoms with Crippen LogP contribution in [-0.4, -0.2) is 18.4 Å². The quantitative estimate of drug-likeness (QED) is 0.453. The Labute approximate surface area is 196 Å². The highest BCUT2D eigenvalue weighted by Gasteiger charge is 2.40. The van der Waals surface area contributed by atoms with Gasteiger partial charge in [-0.3, -0.25) is 9.59 Å². The van der Waals surface area contributed by atoms with E-state index in [0.29, 0.717) is 23.6 Å². The topological polar surface area (TPSA) is 58.6 Å². The highest BCUT2D eigenvalue weighted by molar-refractivity contribution is 6.46. The van der Waals surface area contributed by atoms with Crippen LogP contribution in [0.1, 0.15) is 30.0 Å². The SMILES string of the molecule is CCCOc1ccc(C2=C(Nc3ccc(F)c(F)c3)C(=O)N(c3ccc(C)cc3C)C2=O)cc1. The second-order valence-electron chi connectivity index (χ2n) is 8.11. The molecule has 1 aliphatic heterocycles. The van der Waals surface area contributed by atoms with E-state index in [-0.39, 0.29) is 17.0 Å². The number of carbonyl (C=O) groups is 2. The number of carbonyl (C=O) groups excluding carboxylic acids is 2. The summed E-state index contributed by atoms with van der Waals surface area (Å²) in [6, 6.07) is 15.5. The van der Waals surface area contributed by atoms with E-state index in [2.05, 4.69) is 5.32 Å². The van der Waals surface area contributed by atoms with Crippen molar-refractivity contribution < 1.29 is 23.1 Å². The largest absolute Gasteiger partial charge is 0.494 e. The number of nitrogens with one attached hydrogen (secondary N) is 1. The first kappa shape index (κ1) is 23.2. The Hall–Kier alpha value is -4.00. The lowest BCUT2D eigenvalue weighted by Gasteiger charge is -2.18. The van der Waals surface area contributed by atoms with E-state index >= 15 is 0 Å². The fourth-order valence-corrected chi connectivity index (χ4v) is 3.84. The summed E-state index contributed by atoms with van der Waals surface area (Å²) >= 11 is 0. The molecule has 0 spiro atoms. The van der Waals surface area contributed by atoms with Gasteiger partial charge in [-0.25, -0.2) is 13.7 Å². The third kappa shape index (κ3) is 4.41. The Morgan fingerprint density at radius 2 is 1.62 bits per heavy atom. The van der Waals surface area contributed by atoms with Crippen molar-refractivity contribution >= 4 is 28.8 Å². The van der Waals surface area contributed by atoms with Gasteiger partial charge in [-0.2, -0.15) is 0 Å². The third-order valence-electron chi connectivity index (χ3n) is 5.48. The van der Waals surface area contributed by atoms with E-state index in [1.807, 2.05) is 32.9 Å². The van der Waals surface area contributed by atoms with Gasteiger partial charge in [0.25, 0.3) is 11.8 Å². The van der Waals surface area contributed by atoms with Gasteiger partial charge in [0.05, 0.1) is 17.9 Å². The van der Waals surface area contributed by atoms with Crippen LogP contribution in [0.2, 0.25) is 0 Å². The number of halogens is 2. The molecule has 0 unspecified atom stereocenters. The zero-order valence-electron chi connectivity index (χ0n) is 19.1. The Bertz CT molecular complexity index is 1300. The van der Waals surface area contributed by atoms with Crippen LogP contribution in [0.4, 0.5) is 20.2 Å². The summed E-state index contributed by atoms with van der Waals surface area (Å²) in [6.07, 6.45) is 0.854. The van der Waals surface area contributed by atoms with Crippen LogP contribution in [0.15, 0.2) is 66.4 Å². The molecule has 1 aliphatic rings. The number of hydrogen-bond donors (Lipinski definition) is 1. The molecular weight excluding hydrogens is 438 g/mol. The second-order valence-corrected chi connectivity index (χ2v) is 8.11. The molecule has 1 N–H and O–H groups in total. The predicted molar refractivity (Wildman–Crippen MR) is 128 cm³/mol. The molecule has 0 saturated carbocycles. The molecule has 0 aliphatic carbocycles. The number of aryl methyl sites for hydroxylation is 2. The minimum Gasteiger partial charge on any atom is -0.494 e. The number of amides is 2. The third-order valence-corrected chi connectivity index (χ3v) is 5.48. The van der Waals surface area contributed by atoms with Crippen LogP contribution in [0.5, 0.6) is 5.75 Å². The zero-order valence-corrected chi connectivity index (χ0v) is 19.1. The molecule has 0 saturated heterocycles. The summed E-state index contributed by atoms with van der Waals surface area (Å²) in [5.41, 5.74) is 2.99. The molecule has 0 atom stereocenters. The maximum absolute atomic E-state index is 13.8. The van der Waals surface area contributed by atoms with E-state index < -0.39 is 23.4 Å². The molecular formula is C27H24F2N2O3. The zero-order chi connectivity index (χ0) is 24.4. The Morgan fingerprint density at radius 1 is 0.882 bits per heavy atom. The summed E-state index contributed by atoms with van der Waals surface area (Å²) in [5.74, 6) is -2.52. The lowest BCUT2D eigenvalue weighted by molar-refractivity contribution is -0.120. The van der Waals surface area contributed by atoms with Gasteiger partial charge in [-0.1, -0.05) is 36.8 Å². The number of imide groups is 1. The molecule has 0 fully saturated rings. The van der Waals surface area contributed by atoms with Crippen molar-refractivity contribution in [2.45, 2.75) is 27.2 Å². The monoisotopic (exact) mass is 462 g/mol. The van der Waals surface area contributed by atoms with E-state index in [1.54, 1.807) is 30.3 Å². The number of nitrogens with zero attached hydrogens (tertiary/aromatic N) is 1. The van der Waals surface area contributed by atoms with Gasteiger partial charge in [0.15, 0.2) is 11.6 Å². The van der Waals surface area contributed by atoms with Crippen molar-refractivity contribution in [2.24, 2.45) is 0 Å². The van der Waals surface area contributed by atoms with Crippen LogP contribution in [0.3, 0.4) is 0 Å². The summed E-state index contributed by atoms with van der Waals surface area (Å²) in [4.78, 5) is 28.2. The second kappa shape index (κ2) is 9.47. The highest BCUT2D eigenvalue weighted by Crippen LogP contribution is 2.36. The molecule has 7 heteroatoms. The maximum atomic E-state index is 13.8. The van der Waals surface area contributed by atoms with Gasteiger partial charge in [0.1, 0.15) is 11.4 Å². The summed E-state index contributed by atoms with van der Waals surface area (Å²) < 4.78 is 32.9. The summed E-state index contributed by atoms with van der Waals surface area (Å²) in [6.45, 7) is 6.30. The molecule has 0 radical (unpaired) electrons. The molecule has 4 rings (SSSR count). The molecule has 0 bridgehead atoms. The van der Waals surface area contributed by atoms with Crippen LogP contribution >= 0.6 is 0 Å². The number of ether oxygens (including phenoxy) is 1. The van der Waals surface area contributed by atoms with E-state index in [1.165, 1.54) is 6.07 Å². The van der Waals surface area contributed by atoms with E-state index in [4.69, 9.17) is 4.74 Å². The van der Waals surface area contributed by atoms with Crippen molar-refractivity contribution in [1.29, 1.82) is 0 Å². The van der Waals surface area contributed by atoms with Gasteiger partial charge < -0.3 is 10.1 Å². The Kier molecular flexibility index (Phi) is 6.45. The van der Waals surface area contributed by atoms with Crippen molar-refractivity contribution in [3.05, 3.63) is 94.7 Å². The number of rotatable bonds is 7. The first-order valence-corrected chi connectivity index (χ1v) is 11.0. The smallest absolute Gasteiger partial charge is 0.282 e. The molecule has 0 aromatic heterocycles. The molecule has 174 valence electrons. The minimum absolute atomic E-state index is 0.0155. The van der Waals surface area contributed by atoms with Crippen LogP contribution in [0, 0.1) is 25.5 Å². The molecule has 1 heterocycles. The maximum Gasteiger partial charge on any atom is 0.282 e. The van der Waals surface area contributed by atoms with Crippen molar-refractivity contribution in [2.75, 3.05) is 16.8 Å². The average Bonchev–Trinajstić information content (AvgIpc) is 3.05. The van der Waals surface area contributed by atoms with Crippen LogP contribution < -0.4 is 15.0 Å². The Balaban J connectivity index is 1.79. The highest BCUT2D eigenvalue weighted by atomic mass is 19.2. The van der Waals surface area contributed by atoms with Gasteiger partial charge >= 0.3 is 0 Å². The predicted octanol–water partition coefficient (Wildman–Crippen LogP) is 5.77. The summed E-state index contributed by atoms with van der Waals surface area (Å²) in [5, 5.41) is 2.85. The molecule has 3 aromatic rings. The fourth-order valence-electron chi connectivity index (χ4n) is 3.84. The van der Waals surface area contributed by atoms with Crippen molar-refractivity contribution in [1.82, 2.24) is 0 Å². The van der Waals surface area contributed by atoms with Gasteiger partial charge in [-0.15, -0.1) is 0 Å². The fraction of sp³-hybridized carbons (Fsp3) is 0.185. The minimum atomic E-state index is -1.06. The Morgan fingerprint density at radius 3 is 2.26 bits per heavy atom. The number of hydrogen-bond acceptors (Lipinski definition) is 4. The van der Waals surface area contributed by atoms with Crippen molar-refractivity contribution in [3.63, 3.8) is 0 Å². The molecule has 3 aromatic carbocycles. The molecule has 2 amide bonds. The van der Waals surface area contributed by atoms with Gasteiger partial charge in [-0.05, 0) is 61.7 Å². The van der Waals surface area contributed by atoms with Crippen molar-refractivity contribution in [3.8, 4) is 5.75 Å².